The SMILES string of the molecule is CC(=O)O[C@]1(C)CO[C@@H]1c1c(F)c(F)c(F)c(F)c1F. The lowest BCUT2D eigenvalue weighted by Crippen LogP contribution is -2.53. The summed E-state index contributed by atoms with van der Waals surface area (Å²) >= 11 is 0. The van der Waals surface area contributed by atoms with Crippen molar-refractivity contribution < 1.29 is 36.2 Å². The third-order valence-corrected chi connectivity index (χ3v) is 2.97. The van der Waals surface area contributed by atoms with Crippen LogP contribution in [0.3, 0.4) is 0 Å². The molecule has 0 aromatic heterocycles. The van der Waals surface area contributed by atoms with Crippen molar-refractivity contribution in [3.8, 4) is 0 Å². The summed E-state index contributed by atoms with van der Waals surface area (Å²) in [4.78, 5) is 10.9. The Balaban J connectivity index is 2.52. The van der Waals surface area contributed by atoms with Crippen LogP contribution in [0.1, 0.15) is 25.5 Å². The lowest BCUT2D eigenvalue weighted by atomic mass is 9.87. The average Bonchev–Trinajstić information content (AvgIpc) is 2.37. The molecule has 0 amide bonds. The summed E-state index contributed by atoms with van der Waals surface area (Å²) in [5.41, 5.74) is -2.62. The topological polar surface area (TPSA) is 35.5 Å². The van der Waals surface area contributed by atoms with Crippen LogP contribution in [0.4, 0.5) is 22.0 Å². The fourth-order valence-electron chi connectivity index (χ4n) is 2.05. The van der Waals surface area contributed by atoms with Crippen LogP contribution in [0.25, 0.3) is 0 Å². The number of hydrogen-bond donors (Lipinski definition) is 0. The molecule has 1 saturated heterocycles. The van der Waals surface area contributed by atoms with E-state index in [0.29, 0.717) is 0 Å². The Morgan fingerprint density at radius 3 is 1.90 bits per heavy atom. The van der Waals surface area contributed by atoms with Gasteiger partial charge in [-0.3, -0.25) is 4.79 Å². The van der Waals surface area contributed by atoms with Gasteiger partial charge in [-0.2, -0.15) is 0 Å². The standard InChI is InChI=1S/C12H9F5O3/c1-4(18)20-12(2)3-19-11(12)5-6(13)8(15)10(17)9(16)7(5)14/h11H,3H2,1-2H3/t11-,12-/m1/s1. The molecule has 0 bridgehead atoms. The number of hydrogen-bond acceptors (Lipinski definition) is 3. The third kappa shape index (κ3) is 2.04. The zero-order valence-corrected chi connectivity index (χ0v) is 10.4. The molecule has 2 rings (SSSR count). The predicted octanol–water partition coefficient (Wildman–Crippen LogP) is 2.78. The zero-order chi connectivity index (χ0) is 15.2. The lowest BCUT2D eigenvalue weighted by molar-refractivity contribution is -0.249. The van der Waals surface area contributed by atoms with Crippen LogP contribution in [0, 0.1) is 29.1 Å². The molecule has 3 nitrogen and oxygen atoms in total. The maximum atomic E-state index is 13.6. The van der Waals surface area contributed by atoms with Crippen LogP contribution in [0.5, 0.6) is 0 Å². The van der Waals surface area contributed by atoms with Crippen LogP contribution >= 0.6 is 0 Å². The van der Waals surface area contributed by atoms with Crippen molar-refractivity contribution in [2.75, 3.05) is 6.61 Å². The normalized spacial score (nSPS) is 25.2. The second-order valence-corrected chi connectivity index (χ2v) is 4.58. The molecule has 20 heavy (non-hydrogen) atoms. The highest BCUT2D eigenvalue weighted by molar-refractivity contribution is 5.66. The van der Waals surface area contributed by atoms with Crippen molar-refractivity contribution in [1.82, 2.24) is 0 Å². The molecule has 1 aromatic carbocycles. The summed E-state index contributed by atoms with van der Waals surface area (Å²) in [6.45, 7) is 2.12. The molecule has 0 aliphatic carbocycles. The van der Waals surface area contributed by atoms with Gasteiger partial charge >= 0.3 is 5.97 Å². The highest BCUT2D eigenvalue weighted by atomic mass is 19.2. The van der Waals surface area contributed by atoms with Gasteiger partial charge in [0.2, 0.25) is 5.82 Å². The Bertz CT molecular complexity index is 560. The van der Waals surface area contributed by atoms with Gasteiger partial charge < -0.3 is 9.47 Å². The second-order valence-electron chi connectivity index (χ2n) is 4.58. The van der Waals surface area contributed by atoms with E-state index < -0.39 is 52.3 Å². The smallest absolute Gasteiger partial charge is 0.303 e. The molecule has 0 unspecified atom stereocenters. The van der Waals surface area contributed by atoms with Gasteiger partial charge in [0.05, 0.1) is 12.2 Å². The minimum absolute atomic E-state index is 0.212. The Labute approximate surface area is 110 Å². The third-order valence-electron chi connectivity index (χ3n) is 2.97. The number of halogens is 5. The molecule has 110 valence electrons. The molecule has 1 fully saturated rings. The van der Waals surface area contributed by atoms with Gasteiger partial charge in [0.25, 0.3) is 0 Å². The highest BCUT2D eigenvalue weighted by Gasteiger charge is 2.52. The molecule has 0 radical (unpaired) electrons. The summed E-state index contributed by atoms with van der Waals surface area (Å²) in [5.74, 6) is -11.1. The number of rotatable bonds is 2. The van der Waals surface area contributed by atoms with E-state index in [4.69, 9.17) is 9.47 Å². The number of benzene rings is 1. The van der Waals surface area contributed by atoms with Crippen LogP contribution < -0.4 is 0 Å². The van der Waals surface area contributed by atoms with Crippen molar-refractivity contribution in [1.29, 1.82) is 0 Å². The van der Waals surface area contributed by atoms with Gasteiger partial charge in [-0.15, -0.1) is 0 Å². The number of carbonyl (C=O) groups excluding carboxylic acids is 1. The van der Waals surface area contributed by atoms with Gasteiger partial charge in [0.15, 0.2) is 28.9 Å². The van der Waals surface area contributed by atoms with Gasteiger partial charge in [-0.25, -0.2) is 22.0 Å². The predicted molar refractivity (Wildman–Crippen MR) is 55.1 cm³/mol. The van der Waals surface area contributed by atoms with E-state index in [9.17, 15) is 26.7 Å². The van der Waals surface area contributed by atoms with Crippen molar-refractivity contribution >= 4 is 5.97 Å². The highest BCUT2D eigenvalue weighted by Crippen LogP contribution is 2.44. The van der Waals surface area contributed by atoms with E-state index in [1.165, 1.54) is 6.92 Å². The summed E-state index contributed by atoms with van der Waals surface area (Å²) in [5, 5.41) is 0. The van der Waals surface area contributed by atoms with Crippen LogP contribution in [0.15, 0.2) is 0 Å². The van der Waals surface area contributed by atoms with E-state index in [0.717, 1.165) is 6.92 Å². The molecule has 0 N–H and O–H groups in total. The molecule has 1 aliphatic heterocycles. The molecule has 1 aliphatic rings. The maximum Gasteiger partial charge on any atom is 0.303 e. The number of carbonyl (C=O) groups is 1. The average molecular weight is 296 g/mol. The Morgan fingerprint density at radius 2 is 1.55 bits per heavy atom. The monoisotopic (exact) mass is 296 g/mol. The van der Waals surface area contributed by atoms with Crippen LogP contribution in [0.2, 0.25) is 0 Å². The van der Waals surface area contributed by atoms with Gasteiger partial charge in [-0.05, 0) is 6.92 Å². The quantitative estimate of drug-likeness (QED) is 0.364. The van der Waals surface area contributed by atoms with Crippen molar-refractivity contribution in [2.45, 2.75) is 25.6 Å². The second kappa shape index (κ2) is 4.69. The van der Waals surface area contributed by atoms with E-state index in [2.05, 4.69) is 0 Å². The molecule has 8 heteroatoms. The van der Waals surface area contributed by atoms with E-state index in [1.54, 1.807) is 0 Å². The first kappa shape index (κ1) is 14.7. The molecule has 0 saturated carbocycles. The lowest BCUT2D eigenvalue weighted by Gasteiger charge is -2.45. The van der Waals surface area contributed by atoms with E-state index in [-0.39, 0.29) is 6.61 Å². The van der Waals surface area contributed by atoms with E-state index in [1.807, 2.05) is 0 Å². The molecular formula is C12H9F5O3. The zero-order valence-electron chi connectivity index (χ0n) is 10.4. The summed E-state index contributed by atoms with van der Waals surface area (Å²) in [6, 6.07) is 0. The van der Waals surface area contributed by atoms with Crippen molar-refractivity contribution in [3.05, 3.63) is 34.6 Å². The Hall–Kier alpha value is -1.70. The van der Waals surface area contributed by atoms with Gasteiger partial charge in [0, 0.05) is 6.92 Å². The van der Waals surface area contributed by atoms with Crippen LogP contribution in [-0.2, 0) is 14.3 Å². The van der Waals surface area contributed by atoms with E-state index >= 15 is 0 Å². The first-order valence-corrected chi connectivity index (χ1v) is 5.51. The van der Waals surface area contributed by atoms with Gasteiger partial charge in [-0.1, -0.05) is 0 Å². The summed E-state index contributed by atoms with van der Waals surface area (Å²) < 4.78 is 76.0. The number of esters is 1. The molecule has 1 heterocycles. The number of ether oxygens (including phenoxy) is 2. The molecule has 0 spiro atoms. The molecular weight excluding hydrogens is 287 g/mol. The largest absolute Gasteiger partial charge is 0.454 e. The van der Waals surface area contributed by atoms with Crippen molar-refractivity contribution in [2.24, 2.45) is 0 Å². The summed E-state index contributed by atoms with van der Waals surface area (Å²) in [6.07, 6.45) is -1.56. The molecule has 1 aromatic rings. The maximum absolute atomic E-state index is 13.6. The van der Waals surface area contributed by atoms with Crippen LogP contribution in [-0.4, -0.2) is 18.2 Å². The van der Waals surface area contributed by atoms with Gasteiger partial charge in [0.1, 0.15) is 6.10 Å². The first-order valence-electron chi connectivity index (χ1n) is 5.51. The molecule has 2 atom stereocenters. The summed E-state index contributed by atoms with van der Waals surface area (Å²) in [7, 11) is 0. The Morgan fingerprint density at radius 1 is 1.10 bits per heavy atom. The minimum atomic E-state index is -2.25. The minimum Gasteiger partial charge on any atom is -0.454 e. The fourth-order valence-corrected chi connectivity index (χ4v) is 2.05. The first-order chi connectivity index (χ1) is 9.19. The fraction of sp³-hybridized carbons (Fsp3) is 0.417. The van der Waals surface area contributed by atoms with Crippen molar-refractivity contribution in [3.63, 3.8) is 0 Å². The Kier molecular flexibility index (Phi) is 3.45.